The molecule has 0 radical (unpaired) electrons. The average molecular weight is 523 g/mol. The summed E-state index contributed by atoms with van der Waals surface area (Å²) in [5, 5.41) is 4.37. The van der Waals surface area contributed by atoms with Crippen molar-refractivity contribution < 1.29 is 27.5 Å². The normalized spacial score (nSPS) is 23.8. The summed E-state index contributed by atoms with van der Waals surface area (Å²) < 4.78 is 56.9. The monoisotopic (exact) mass is 522 g/mol. The fourth-order valence-electron chi connectivity index (χ4n) is 5.86. The van der Waals surface area contributed by atoms with Gasteiger partial charge in [0.25, 0.3) is 0 Å². The Morgan fingerprint density at radius 2 is 1.89 bits per heavy atom. The van der Waals surface area contributed by atoms with Gasteiger partial charge in [-0.15, -0.1) is 0 Å². The van der Waals surface area contributed by atoms with Crippen LogP contribution < -0.4 is 4.74 Å². The van der Waals surface area contributed by atoms with Gasteiger partial charge >= 0.3 is 5.92 Å². The van der Waals surface area contributed by atoms with Gasteiger partial charge in [-0.05, 0) is 54.3 Å². The zero-order chi connectivity index (χ0) is 26.1. The quantitative estimate of drug-likeness (QED) is 0.485. The number of aryl methyl sites for hydroxylation is 1. The number of benzene rings is 2. The number of hydrogen-bond acceptors (Lipinski definition) is 6. The van der Waals surface area contributed by atoms with Gasteiger partial charge in [0, 0.05) is 18.2 Å². The van der Waals surface area contributed by atoms with E-state index in [-0.39, 0.29) is 28.6 Å². The summed E-state index contributed by atoms with van der Waals surface area (Å²) in [4.78, 5) is 12.0. The van der Waals surface area contributed by atoms with Crippen LogP contribution in [-0.2, 0) is 15.5 Å². The Morgan fingerprint density at radius 1 is 1.08 bits per heavy atom. The molecule has 196 valence electrons. The topological polar surface area (TPSA) is 61.1 Å². The summed E-state index contributed by atoms with van der Waals surface area (Å²) in [6.07, 6.45) is 5.76. The van der Waals surface area contributed by atoms with Gasteiger partial charge in [-0.1, -0.05) is 23.4 Å². The summed E-state index contributed by atoms with van der Waals surface area (Å²) in [6, 6.07) is 9.63. The molecular formula is C28H25F3N4O3. The van der Waals surface area contributed by atoms with Crippen molar-refractivity contribution in [3.05, 3.63) is 82.7 Å². The van der Waals surface area contributed by atoms with Crippen molar-refractivity contribution in [2.24, 2.45) is 10.6 Å². The van der Waals surface area contributed by atoms with E-state index in [0.717, 1.165) is 16.8 Å². The summed E-state index contributed by atoms with van der Waals surface area (Å²) in [5.41, 5.74) is 3.06. The molecule has 0 N–H and O–H groups in total. The number of alkyl halides is 2. The highest BCUT2D eigenvalue weighted by atomic mass is 19.3. The highest BCUT2D eigenvalue weighted by molar-refractivity contribution is 6.03. The van der Waals surface area contributed by atoms with Crippen molar-refractivity contribution in [2.75, 3.05) is 33.0 Å². The molecule has 1 spiro atoms. The lowest BCUT2D eigenvalue weighted by molar-refractivity contribution is -0.131. The Balaban J connectivity index is 1.33. The molecule has 0 amide bonds. The predicted molar refractivity (Wildman–Crippen MR) is 133 cm³/mol. The predicted octanol–water partition coefficient (Wildman–Crippen LogP) is 4.99. The molecule has 0 bridgehead atoms. The number of nitrogens with zero attached hydrogens (tertiary/aromatic N) is 4. The van der Waals surface area contributed by atoms with Crippen molar-refractivity contribution in [1.29, 1.82) is 0 Å². The maximum Gasteiger partial charge on any atom is 0.310 e. The Morgan fingerprint density at radius 3 is 2.61 bits per heavy atom. The first-order chi connectivity index (χ1) is 18.3. The molecule has 4 aliphatic rings. The van der Waals surface area contributed by atoms with E-state index in [9.17, 15) is 4.39 Å². The number of rotatable bonds is 3. The van der Waals surface area contributed by atoms with Gasteiger partial charge in [0.05, 0.1) is 42.5 Å². The fourth-order valence-corrected chi connectivity index (χ4v) is 5.86. The van der Waals surface area contributed by atoms with Crippen molar-refractivity contribution in [3.63, 3.8) is 0 Å². The van der Waals surface area contributed by atoms with Crippen LogP contribution in [0, 0.1) is 18.2 Å². The van der Waals surface area contributed by atoms with Crippen molar-refractivity contribution in [3.8, 4) is 11.4 Å². The van der Waals surface area contributed by atoms with Crippen LogP contribution in [0.3, 0.4) is 0 Å². The summed E-state index contributed by atoms with van der Waals surface area (Å²) in [5.74, 6) is -2.70. The third-order valence-electron chi connectivity index (χ3n) is 7.71. The molecule has 5 heterocycles. The molecule has 2 fully saturated rings. The number of fused-ring (bicyclic) bond motifs is 2. The molecule has 7 rings (SSSR count). The molecule has 0 aliphatic carbocycles. The summed E-state index contributed by atoms with van der Waals surface area (Å²) in [7, 11) is 0. The third kappa shape index (κ3) is 3.69. The van der Waals surface area contributed by atoms with Crippen LogP contribution >= 0.6 is 0 Å². The molecule has 1 aromatic heterocycles. The fraction of sp³-hybridized carbons (Fsp3) is 0.357. The lowest BCUT2D eigenvalue weighted by atomic mass is 9.74. The number of hydrogen-bond donors (Lipinski definition) is 0. The molecule has 2 aromatic carbocycles. The Hall–Kier alpha value is -3.79. The standard InChI is InChI=1S/C28H25F3N4O3/c1-17-10-34(16-32-17)22-7-4-19(24-25(22)37-15-28(24,30)31)8-20-9-27(13-36-14-27)12-35-23(11-38-33-26(20)35)18-2-5-21(29)6-3-18/h2-8,10,16,23H,9,11-15H2,1H3/b20-8+. The van der Waals surface area contributed by atoms with E-state index in [2.05, 4.69) is 15.0 Å². The van der Waals surface area contributed by atoms with Crippen LogP contribution in [0.2, 0.25) is 0 Å². The van der Waals surface area contributed by atoms with E-state index in [0.29, 0.717) is 49.9 Å². The van der Waals surface area contributed by atoms with Crippen LogP contribution in [0.1, 0.15) is 34.8 Å². The van der Waals surface area contributed by atoms with Crippen LogP contribution in [-0.4, -0.2) is 53.3 Å². The zero-order valence-electron chi connectivity index (χ0n) is 20.7. The van der Waals surface area contributed by atoms with Crippen molar-refractivity contribution >= 4 is 11.9 Å². The molecule has 10 heteroatoms. The second-order valence-corrected chi connectivity index (χ2v) is 10.5. The Kier molecular flexibility index (Phi) is 5.13. The van der Waals surface area contributed by atoms with Crippen molar-refractivity contribution in [1.82, 2.24) is 14.5 Å². The number of aromatic nitrogens is 2. The molecule has 7 nitrogen and oxygen atoms in total. The molecule has 2 saturated heterocycles. The van der Waals surface area contributed by atoms with Crippen molar-refractivity contribution in [2.45, 2.75) is 25.3 Å². The second kappa shape index (κ2) is 8.36. The number of halogens is 3. The van der Waals surface area contributed by atoms with Gasteiger partial charge in [0.1, 0.15) is 12.4 Å². The number of piperidine rings is 1. The van der Waals surface area contributed by atoms with Gasteiger partial charge < -0.3 is 23.8 Å². The Bertz CT molecular complexity index is 1480. The van der Waals surface area contributed by atoms with Crippen LogP contribution in [0.5, 0.6) is 5.75 Å². The molecule has 4 aliphatic heterocycles. The molecule has 1 unspecified atom stereocenters. The molecular weight excluding hydrogens is 497 g/mol. The number of oxime groups is 1. The molecule has 3 aromatic rings. The van der Waals surface area contributed by atoms with E-state index in [1.807, 2.05) is 6.92 Å². The van der Waals surface area contributed by atoms with Crippen LogP contribution in [0.15, 0.2) is 59.7 Å². The first-order valence-electron chi connectivity index (χ1n) is 12.5. The largest absolute Gasteiger partial charge is 0.484 e. The van der Waals surface area contributed by atoms with Gasteiger partial charge in [0.2, 0.25) is 0 Å². The SMILES string of the molecule is Cc1cn(-c2ccc(/C=C3\CC4(COC4)CN4C3=NOCC4c3ccc(F)cc3)c3c2OCC3(F)F)cn1. The van der Waals surface area contributed by atoms with E-state index in [1.165, 1.54) is 12.1 Å². The number of ether oxygens (including phenoxy) is 2. The average Bonchev–Trinajstić information content (AvgIpc) is 3.46. The van der Waals surface area contributed by atoms with Gasteiger partial charge in [-0.3, -0.25) is 0 Å². The van der Waals surface area contributed by atoms with Crippen LogP contribution in [0.25, 0.3) is 11.8 Å². The zero-order valence-corrected chi connectivity index (χ0v) is 20.7. The first kappa shape index (κ1) is 23.3. The van der Waals surface area contributed by atoms with E-state index >= 15 is 8.78 Å². The minimum Gasteiger partial charge on any atom is -0.484 e. The van der Waals surface area contributed by atoms with Crippen LogP contribution in [0.4, 0.5) is 13.2 Å². The number of amidine groups is 1. The van der Waals surface area contributed by atoms with E-state index in [4.69, 9.17) is 14.3 Å². The van der Waals surface area contributed by atoms with Gasteiger partial charge in [-0.2, -0.15) is 8.78 Å². The lowest BCUT2D eigenvalue weighted by Crippen LogP contribution is -2.58. The van der Waals surface area contributed by atoms with E-state index in [1.54, 1.807) is 47.4 Å². The maximum atomic E-state index is 15.2. The third-order valence-corrected chi connectivity index (χ3v) is 7.71. The van der Waals surface area contributed by atoms with E-state index < -0.39 is 12.5 Å². The molecule has 38 heavy (non-hydrogen) atoms. The maximum absolute atomic E-state index is 15.2. The number of imidazole rings is 1. The minimum atomic E-state index is -3.15. The first-order valence-corrected chi connectivity index (χ1v) is 12.5. The molecule has 0 saturated carbocycles. The Labute approximate surface area is 217 Å². The highest BCUT2D eigenvalue weighted by Crippen LogP contribution is 2.49. The lowest BCUT2D eigenvalue weighted by Gasteiger charge is -2.52. The summed E-state index contributed by atoms with van der Waals surface area (Å²) in [6.45, 7) is 3.25. The smallest absolute Gasteiger partial charge is 0.310 e. The highest BCUT2D eigenvalue weighted by Gasteiger charge is 2.50. The van der Waals surface area contributed by atoms with Gasteiger partial charge in [-0.25, -0.2) is 9.37 Å². The van der Waals surface area contributed by atoms with Gasteiger partial charge in [0.15, 0.2) is 18.2 Å². The second-order valence-electron chi connectivity index (χ2n) is 10.5. The summed E-state index contributed by atoms with van der Waals surface area (Å²) >= 11 is 0. The minimum absolute atomic E-state index is 0.141. The molecule has 1 atom stereocenters.